The van der Waals surface area contributed by atoms with Crippen LogP contribution >= 0.6 is 17.1 Å². The quantitative estimate of drug-likeness (QED) is 0.467. The molecule has 2 nitrogen and oxygen atoms in total. The van der Waals surface area contributed by atoms with Gasteiger partial charge in [-0.05, 0) is 41.7 Å². The summed E-state index contributed by atoms with van der Waals surface area (Å²) in [5.74, 6) is 2.65. The molecule has 0 N–H and O–H groups in total. The van der Waals surface area contributed by atoms with Crippen molar-refractivity contribution in [3.8, 4) is 22.6 Å². The van der Waals surface area contributed by atoms with Crippen LogP contribution < -0.4 is 9.05 Å². The van der Waals surface area contributed by atoms with Crippen LogP contribution in [-0.4, -0.2) is 5.75 Å². The van der Waals surface area contributed by atoms with Gasteiger partial charge in [0.1, 0.15) is 11.5 Å². The van der Waals surface area contributed by atoms with Gasteiger partial charge in [-0.2, -0.15) is 0 Å². The third kappa shape index (κ3) is 3.51. The van der Waals surface area contributed by atoms with Crippen LogP contribution in [-0.2, 0) is 11.8 Å². The second-order valence-electron chi connectivity index (χ2n) is 5.16. The lowest BCUT2D eigenvalue weighted by molar-refractivity contribution is 0.516. The highest BCUT2D eigenvalue weighted by Crippen LogP contribution is 2.64. The molecule has 0 fully saturated rings. The molecule has 0 amide bonds. The fourth-order valence-electron chi connectivity index (χ4n) is 2.38. The average Bonchev–Trinajstić information content (AvgIpc) is 2.65. The number of benzene rings is 2. The first kappa shape index (κ1) is 15.9. The molecule has 0 spiro atoms. The summed E-state index contributed by atoms with van der Waals surface area (Å²) in [4.78, 5) is 0. The van der Waals surface area contributed by atoms with Crippen molar-refractivity contribution in [3.63, 3.8) is 0 Å². The minimum absolute atomic E-state index is 0.832. The van der Waals surface area contributed by atoms with Gasteiger partial charge >= 0.3 is 5.69 Å². The topological polar surface area (TPSA) is 18.5 Å². The summed E-state index contributed by atoms with van der Waals surface area (Å²) in [6.45, 7) is 2.20. The standard InChI is InChI=1S/C17H19O2PS2/c1-2-3-8-13-22-20(21)18-16-11-6-4-9-14(16)15-10-5-7-12-17(15)19-20/h4-7,9-12H,2-3,8,13H2,1H3. The molecule has 1 aliphatic heterocycles. The van der Waals surface area contributed by atoms with E-state index >= 15 is 0 Å². The smallest absolute Gasteiger partial charge is 0.348 e. The highest BCUT2D eigenvalue weighted by molar-refractivity contribution is 8.68. The van der Waals surface area contributed by atoms with Gasteiger partial charge < -0.3 is 9.05 Å². The van der Waals surface area contributed by atoms with Gasteiger partial charge in [0.15, 0.2) is 0 Å². The van der Waals surface area contributed by atoms with Crippen molar-refractivity contribution in [3.05, 3.63) is 48.5 Å². The third-order valence-electron chi connectivity index (χ3n) is 3.48. The molecule has 1 aliphatic rings. The fraction of sp³-hybridized carbons (Fsp3) is 0.294. The second-order valence-corrected chi connectivity index (χ2v) is 11.4. The number of hydrogen-bond acceptors (Lipinski definition) is 4. The monoisotopic (exact) mass is 350 g/mol. The number of hydrogen-bond donors (Lipinski definition) is 0. The van der Waals surface area contributed by atoms with E-state index in [9.17, 15) is 0 Å². The molecule has 116 valence electrons. The maximum atomic E-state index is 6.17. The molecule has 5 heteroatoms. The highest BCUT2D eigenvalue weighted by Gasteiger charge is 2.29. The zero-order valence-electron chi connectivity index (χ0n) is 12.5. The van der Waals surface area contributed by atoms with E-state index in [4.69, 9.17) is 20.9 Å². The highest BCUT2D eigenvalue weighted by atomic mass is 32.9. The van der Waals surface area contributed by atoms with Crippen LogP contribution in [0.25, 0.3) is 11.1 Å². The molecule has 3 rings (SSSR count). The number of rotatable bonds is 5. The van der Waals surface area contributed by atoms with Crippen molar-refractivity contribution in [2.24, 2.45) is 0 Å². The summed E-state index contributed by atoms with van der Waals surface area (Å²) < 4.78 is 12.3. The second kappa shape index (κ2) is 7.08. The van der Waals surface area contributed by atoms with Crippen LogP contribution in [0.5, 0.6) is 11.5 Å². The molecule has 0 aliphatic carbocycles. The van der Waals surface area contributed by atoms with Crippen LogP contribution in [0.4, 0.5) is 0 Å². The average molecular weight is 350 g/mol. The zero-order chi connectivity index (χ0) is 15.4. The van der Waals surface area contributed by atoms with Gasteiger partial charge in [0, 0.05) is 16.9 Å². The summed E-state index contributed by atoms with van der Waals surface area (Å²) in [5, 5.41) is 0. The Morgan fingerprint density at radius 3 is 2.00 bits per heavy atom. The largest absolute Gasteiger partial charge is 0.427 e. The Hall–Kier alpha value is -0.960. The first-order valence-corrected chi connectivity index (χ1v) is 11.8. The zero-order valence-corrected chi connectivity index (χ0v) is 15.1. The van der Waals surface area contributed by atoms with Crippen LogP contribution in [0.3, 0.4) is 0 Å². The van der Waals surface area contributed by atoms with Gasteiger partial charge in [-0.15, -0.1) is 0 Å². The van der Waals surface area contributed by atoms with E-state index in [1.807, 2.05) is 36.4 Å². The Morgan fingerprint density at radius 1 is 0.909 bits per heavy atom. The molecule has 0 saturated heterocycles. The van der Waals surface area contributed by atoms with Gasteiger partial charge in [-0.1, -0.05) is 56.2 Å². The Labute approximate surface area is 141 Å². The molecule has 0 radical (unpaired) electrons. The first-order valence-electron chi connectivity index (χ1n) is 7.54. The van der Waals surface area contributed by atoms with E-state index < -0.39 is 5.69 Å². The molecule has 0 saturated carbocycles. The summed E-state index contributed by atoms with van der Waals surface area (Å²) in [6, 6.07) is 16.1. The van der Waals surface area contributed by atoms with Crippen LogP contribution in [0.2, 0.25) is 0 Å². The maximum Gasteiger partial charge on any atom is 0.348 e. The molecule has 0 atom stereocenters. The van der Waals surface area contributed by atoms with Crippen LogP contribution in [0.1, 0.15) is 26.2 Å². The summed E-state index contributed by atoms with van der Waals surface area (Å²) >= 11 is 7.43. The van der Waals surface area contributed by atoms with Crippen molar-refractivity contribution in [1.29, 1.82) is 0 Å². The van der Waals surface area contributed by atoms with E-state index in [2.05, 4.69) is 19.1 Å². The van der Waals surface area contributed by atoms with Crippen molar-refractivity contribution in [2.45, 2.75) is 26.2 Å². The van der Waals surface area contributed by atoms with Crippen molar-refractivity contribution < 1.29 is 9.05 Å². The van der Waals surface area contributed by atoms with E-state index in [1.54, 1.807) is 11.4 Å². The molecular formula is C17H19O2PS2. The van der Waals surface area contributed by atoms with E-state index in [0.29, 0.717) is 0 Å². The number of unbranched alkanes of at least 4 members (excludes halogenated alkanes) is 2. The Kier molecular flexibility index (Phi) is 5.12. The molecular weight excluding hydrogens is 331 g/mol. The summed E-state index contributed by atoms with van der Waals surface area (Å²) in [6.07, 6.45) is 3.57. The lowest BCUT2D eigenvalue weighted by atomic mass is 10.0. The predicted molar refractivity (Wildman–Crippen MR) is 99.4 cm³/mol. The normalized spacial score (nSPS) is 15.0. The van der Waals surface area contributed by atoms with Crippen molar-refractivity contribution in [2.75, 3.05) is 5.75 Å². The molecule has 22 heavy (non-hydrogen) atoms. The van der Waals surface area contributed by atoms with Gasteiger partial charge in [-0.25, -0.2) is 0 Å². The van der Waals surface area contributed by atoms with Gasteiger partial charge in [0.25, 0.3) is 0 Å². The van der Waals surface area contributed by atoms with E-state index in [0.717, 1.165) is 34.8 Å². The molecule has 1 heterocycles. The van der Waals surface area contributed by atoms with Crippen LogP contribution in [0.15, 0.2) is 48.5 Å². The Balaban J connectivity index is 1.93. The summed E-state index contributed by atoms with van der Waals surface area (Å²) in [5.41, 5.74) is -0.302. The number of para-hydroxylation sites is 2. The van der Waals surface area contributed by atoms with Gasteiger partial charge in [-0.3, -0.25) is 0 Å². The van der Waals surface area contributed by atoms with Crippen LogP contribution in [0, 0.1) is 0 Å². The lowest BCUT2D eigenvalue weighted by Crippen LogP contribution is -1.96. The minimum atomic E-state index is -2.41. The van der Waals surface area contributed by atoms with Gasteiger partial charge in [0.2, 0.25) is 0 Å². The Bertz CT molecular complexity index is 651. The maximum absolute atomic E-state index is 6.17. The molecule has 2 aromatic rings. The van der Waals surface area contributed by atoms with E-state index in [-0.39, 0.29) is 0 Å². The van der Waals surface area contributed by atoms with Crippen molar-refractivity contribution in [1.82, 2.24) is 0 Å². The minimum Gasteiger partial charge on any atom is -0.427 e. The lowest BCUT2D eigenvalue weighted by Gasteiger charge is -2.20. The SMILES string of the molecule is CCCCCSP1(=S)Oc2ccccc2-c2ccccc2O1. The third-order valence-corrected chi connectivity index (χ3v) is 8.45. The molecule has 2 aromatic carbocycles. The summed E-state index contributed by atoms with van der Waals surface area (Å²) in [7, 11) is 0. The predicted octanol–water partition coefficient (Wildman–Crippen LogP) is 6.27. The van der Waals surface area contributed by atoms with Gasteiger partial charge in [0.05, 0.1) is 0 Å². The molecule has 0 aromatic heterocycles. The van der Waals surface area contributed by atoms with E-state index in [1.165, 1.54) is 12.8 Å². The fourth-order valence-corrected chi connectivity index (χ4v) is 6.89. The number of fused-ring (bicyclic) bond motifs is 3. The van der Waals surface area contributed by atoms with Crippen molar-refractivity contribution >= 4 is 28.9 Å². The molecule has 0 unspecified atom stereocenters. The molecule has 0 bridgehead atoms. The first-order chi connectivity index (χ1) is 10.7. The Morgan fingerprint density at radius 2 is 1.45 bits per heavy atom.